The molecule has 7 nitrogen and oxygen atoms in total. The zero-order valence-corrected chi connectivity index (χ0v) is 12.5. The van der Waals surface area contributed by atoms with Gasteiger partial charge in [0.2, 0.25) is 5.91 Å². The number of morpholine rings is 1. The molecule has 2 N–H and O–H groups in total. The molecule has 116 valence electrons. The highest BCUT2D eigenvalue weighted by Gasteiger charge is 2.16. The summed E-state index contributed by atoms with van der Waals surface area (Å²) in [5, 5.41) is 5.18. The van der Waals surface area contributed by atoms with Crippen molar-refractivity contribution >= 4 is 12.0 Å². The van der Waals surface area contributed by atoms with E-state index in [1.54, 1.807) is 20.8 Å². The Morgan fingerprint density at radius 1 is 1.20 bits per heavy atom. The lowest BCUT2D eigenvalue weighted by atomic mass is 10.2. The molecule has 0 aromatic rings. The van der Waals surface area contributed by atoms with Crippen LogP contribution in [-0.4, -0.2) is 68.4 Å². The van der Waals surface area contributed by atoms with E-state index in [9.17, 15) is 9.59 Å². The highest BCUT2D eigenvalue weighted by molar-refractivity contribution is 5.82. The van der Waals surface area contributed by atoms with Gasteiger partial charge < -0.3 is 20.1 Å². The largest absolute Gasteiger partial charge is 0.444 e. The first kappa shape index (κ1) is 16.7. The molecule has 1 saturated heterocycles. The molecule has 0 aliphatic carbocycles. The number of alkyl carbamates (subject to hydrolysis) is 1. The van der Waals surface area contributed by atoms with Gasteiger partial charge >= 0.3 is 6.09 Å². The van der Waals surface area contributed by atoms with Crippen LogP contribution in [-0.2, 0) is 14.3 Å². The first-order valence-corrected chi connectivity index (χ1v) is 6.90. The Balaban J connectivity index is 2.06. The van der Waals surface area contributed by atoms with Crippen molar-refractivity contribution in [3.63, 3.8) is 0 Å². The maximum absolute atomic E-state index is 11.5. The average molecular weight is 287 g/mol. The number of ether oxygens (including phenoxy) is 2. The molecule has 0 atom stereocenters. The standard InChI is InChI=1S/C13H25N3O4/c1-13(2,3)20-12(18)15-10-11(17)14-4-5-16-6-8-19-9-7-16/h4-10H2,1-3H3,(H,14,17)(H,15,18). The number of carbonyl (C=O) groups excluding carboxylic acids is 2. The quantitative estimate of drug-likeness (QED) is 0.741. The molecule has 1 fully saturated rings. The Kier molecular flexibility index (Phi) is 6.74. The fourth-order valence-corrected chi connectivity index (χ4v) is 1.71. The van der Waals surface area contributed by atoms with Crippen LogP contribution in [0, 0.1) is 0 Å². The summed E-state index contributed by atoms with van der Waals surface area (Å²) in [5.41, 5.74) is -0.559. The molecule has 0 bridgehead atoms. The van der Waals surface area contributed by atoms with E-state index in [4.69, 9.17) is 9.47 Å². The Hall–Kier alpha value is -1.34. The highest BCUT2D eigenvalue weighted by atomic mass is 16.6. The van der Waals surface area contributed by atoms with Gasteiger partial charge in [-0.3, -0.25) is 9.69 Å². The Labute approximate surface area is 120 Å². The molecule has 1 heterocycles. The molecule has 0 unspecified atom stereocenters. The summed E-state index contributed by atoms with van der Waals surface area (Å²) in [5.74, 6) is -0.218. The zero-order valence-electron chi connectivity index (χ0n) is 12.5. The van der Waals surface area contributed by atoms with Gasteiger partial charge in [0.05, 0.1) is 19.8 Å². The molecular formula is C13H25N3O4. The van der Waals surface area contributed by atoms with Crippen LogP contribution in [0.2, 0.25) is 0 Å². The number of carbonyl (C=O) groups is 2. The van der Waals surface area contributed by atoms with Crippen LogP contribution in [0.4, 0.5) is 4.79 Å². The predicted octanol–water partition coefficient (Wildman–Crippen LogP) is -0.0405. The van der Waals surface area contributed by atoms with Gasteiger partial charge in [0, 0.05) is 26.2 Å². The maximum Gasteiger partial charge on any atom is 0.408 e. The zero-order chi connectivity index (χ0) is 15.0. The minimum atomic E-state index is -0.583. The topological polar surface area (TPSA) is 79.9 Å². The molecule has 0 aromatic heterocycles. The summed E-state index contributed by atoms with van der Waals surface area (Å²) in [6.07, 6.45) is -0.583. The van der Waals surface area contributed by atoms with Gasteiger partial charge in [0.1, 0.15) is 5.60 Å². The molecule has 20 heavy (non-hydrogen) atoms. The third-order valence-corrected chi connectivity index (χ3v) is 2.65. The second-order valence-corrected chi connectivity index (χ2v) is 5.66. The fraction of sp³-hybridized carbons (Fsp3) is 0.846. The number of hydrogen-bond acceptors (Lipinski definition) is 5. The summed E-state index contributed by atoms with van der Waals surface area (Å²) in [6, 6.07) is 0. The van der Waals surface area contributed by atoms with E-state index in [0.29, 0.717) is 6.54 Å². The lowest BCUT2D eigenvalue weighted by Crippen LogP contribution is -2.44. The smallest absolute Gasteiger partial charge is 0.408 e. The number of nitrogens with one attached hydrogen (secondary N) is 2. The van der Waals surface area contributed by atoms with Crippen LogP contribution in [0.5, 0.6) is 0 Å². The van der Waals surface area contributed by atoms with Crippen molar-refractivity contribution in [2.45, 2.75) is 26.4 Å². The van der Waals surface area contributed by atoms with Gasteiger partial charge in [-0.2, -0.15) is 0 Å². The van der Waals surface area contributed by atoms with E-state index in [2.05, 4.69) is 15.5 Å². The summed E-state index contributed by atoms with van der Waals surface area (Å²) in [4.78, 5) is 25.1. The second-order valence-electron chi connectivity index (χ2n) is 5.66. The molecular weight excluding hydrogens is 262 g/mol. The maximum atomic E-state index is 11.5. The fourth-order valence-electron chi connectivity index (χ4n) is 1.71. The Morgan fingerprint density at radius 3 is 2.45 bits per heavy atom. The molecule has 1 aliphatic heterocycles. The van der Waals surface area contributed by atoms with E-state index < -0.39 is 11.7 Å². The molecule has 1 aliphatic rings. The van der Waals surface area contributed by atoms with E-state index >= 15 is 0 Å². The van der Waals surface area contributed by atoms with E-state index in [1.165, 1.54) is 0 Å². The molecule has 0 spiro atoms. The van der Waals surface area contributed by atoms with Crippen molar-refractivity contribution in [2.75, 3.05) is 45.9 Å². The van der Waals surface area contributed by atoms with Crippen LogP contribution in [0.1, 0.15) is 20.8 Å². The Morgan fingerprint density at radius 2 is 1.85 bits per heavy atom. The summed E-state index contributed by atoms with van der Waals surface area (Å²) in [7, 11) is 0. The third-order valence-electron chi connectivity index (χ3n) is 2.65. The van der Waals surface area contributed by atoms with Crippen molar-refractivity contribution in [3.8, 4) is 0 Å². The molecule has 0 radical (unpaired) electrons. The van der Waals surface area contributed by atoms with E-state index in [-0.39, 0.29) is 12.5 Å². The first-order chi connectivity index (χ1) is 9.37. The second kappa shape index (κ2) is 8.06. The van der Waals surface area contributed by atoms with Gasteiger partial charge in [-0.25, -0.2) is 4.79 Å². The Bertz CT molecular complexity index is 322. The van der Waals surface area contributed by atoms with Crippen molar-refractivity contribution in [2.24, 2.45) is 0 Å². The van der Waals surface area contributed by atoms with Crippen LogP contribution in [0.25, 0.3) is 0 Å². The number of hydrogen-bond donors (Lipinski definition) is 2. The van der Waals surface area contributed by atoms with Crippen molar-refractivity contribution in [1.29, 1.82) is 0 Å². The van der Waals surface area contributed by atoms with Gasteiger partial charge in [-0.1, -0.05) is 0 Å². The minimum absolute atomic E-state index is 0.0714. The SMILES string of the molecule is CC(C)(C)OC(=O)NCC(=O)NCCN1CCOCC1. The van der Waals surface area contributed by atoms with Gasteiger partial charge in [-0.15, -0.1) is 0 Å². The number of nitrogens with zero attached hydrogens (tertiary/aromatic N) is 1. The van der Waals surface area contributed by atoms with Gasteiger partial charge in [0.25, 0.3) is 0 Å². The lowest BCUT2D eigenvalue weighted by molar-refractivity contribution is -0.120. The summed E-state index contributed by atoms with van der Waals surface area (Å²) < 4.78 is 10.3. The van der Waals surface area contributed by atoms with Crippen LogP contribution < -0.4 is 10.6 Å². The first-order valence-electron chi connectivity index (χ1n) is 6.90. The van der Waals surface area contributed by atoms with Gasteiger partial charge in [-0.05, 0) is 20.8 Å². The minimum Gasteiger partial charge on any atom is -0.444 e. The highest BCUT2D eigenvalue weighted by Crippen LogP contribution is 2.05. The van der Waals surface area contributed by atoms with E-state index in [1.807, 2.05) is 0 Å². The van der Waals surface area contributed by atoms with Gasteiger partial charge in [0.15, 0.2) is 0 Å². The molecule has 7 heteroatoms. The predicted molar refractivity (Wildman–Crippen MR) is 74.5 cm³/mol. The summed E-state index contributed by atoms with van der Waals surface area (Å²) >= 11 is 0. The monoisotopic (exact) mass is 287 g/mol. The third kappa shape index (κ3) is 7.96. The van der Waals surface area contributed by atoms with Crippen molar-refractivity contribution in [1.82, 2.24) is 15.5 Å². The summed E-state index contributed by atoms with van der Waals surface area (Å²) in [6.45, 7) is 9.88. The van der Waals surface area contributed by atoms with Crippen LogP contribution in [0.3, 0.4) is 0 Å². The van der Waals surface area contributed by atoms with Crippen LogP contribution >= 0.6 is 0 Å². The normalized spacial score (nSPS) is 16.6. The molecule has 2 amide bonds. The van der Waals surface area contributed by atoms with Crippen molar-refractivity contribution in [3.05, 3.63) is 0 Å². The van der Waals surface area contributed by atoms with E-state index in [0.717, 1.165) is 32.8 Å². The number of amides is 2. The molecule has 0 saturated carbocycles. The van der Waals surface area contributed by atoms with Crippen molar-refractivity contribution < 1.29 is 19.1 Å². The number of rotatable bonds is 5. The molecule has 1 rings (SSSR count). The lowest BCUT2D eigenvalue weighted by Gasteiger charge is -2.26. The average Bonchev–Trinajstić information content (AvgIpc) is 2.36. The van der Waals surface area contributed by atoms with Crippen LogP contribution in [0.15, 0.2) is 0 Å². The molecule has 0 aromatic carbocycles.